The summed E-state index contributed by atoms with van der Waals surface area (Å²) in [4.78, 5) is 0. The maximum absolute atomic E-state index is 13.0. The first kappa shape index (κ1) is 10.3. The van der Waals surface area contributed by atoms with Crippen LogP contribution in [-0.2, 0) is 0 Å². The summed E-state index contributed by atoms with van der Waals surface area (Å²) < 4.78 is 13.0. The third-order valence-corrected chi connectivity index (χ3v) is 1.70. The van der Waals surface area contributed by atoms with Gasteiger partial charge in [-0.05, 0) is 12.1 Å². The maximum atomic E-state index is 13.0. The van der Waals surface area contributed by atoms with Gasteiger partial charge in [0.1, 0.15) is 11.7 Å². The second-order valence-electron chi connectivity index (χ2n) is 2.75. The lowest BCUT2D eigenvalue weighted by Crippen LogP contribution is -2.16. The molecule has 0 heterocycles. The van der Waals surface area contributed by atoms with Crippen LogP contribution in [0.5, 0.6) is 0 Å². The average Bonchev–Trinajstić information content (AvgIpc) is 2.20. The number of nitrogens with two attached hydrogens (primary N) is 1. The van der Waals surface area contributed by atoms with Gasteiger partial charge in [-0.2, -0.15) is 0 Å². The first-order chi connectivity index (χ1) is 6.74. The van der Waals surface area contributed by atoms with Gasteiger partial charge in [-0.25, -0.2) is 4.39 Å². The molecule has 0 saturated heterocycles. The monoisotopic (exact) mass is 197 g/mol. The molecular weight excluding hydrogens is 185 g/mol. The molecule has 4 nitrogen and oxygen atoms in total. The Morgan fingerprint density at radius 2 is 2.21 bits per heavy atom. The Hall–Kier alpha value is -1.78. The van der Waals surface area contributed by atoms with Crippen molar-refractivity contribution in [2.24, 2.45) is 10.9 Å². The Labute approximate surface area is 81.2 Å². The quantitative estimate of drug-likeness (QED) is 0.295. The van der Waals surface area contributed by atoms with E-state index in [1.54, 1.807) is 18.2 Å². The molecule has 1 aromatic rings. The summed E-state index contributed by atoms with van der Waals surface area (Å²) in [6.07, 6.45) is 0.366. The van der Waals surface area contributed by atoms with Gasteiger partial charge in [0.2, 0.25) is 0 Å². The lowest BCUT2D eigenvalue weighted by atomic mass is 10.3. The maximum Gasteiger partial charge on any atom is 0.146 e. The van der Waals surface area contributed by atoms with Crippen molar-refractivity contribution in [1.82, 2.24) is 0 Å². The zero-order valence-electron chi connectivity index (χ0n) is 7.57. The molecule has 14 heavy (non-hydrogen) atoms. The van der Waals surface area contributed by atoms with Gasteiger partial charge < -0.3 is 16.3 Å². The minimum Gasteiger partial charge on any atom is -0.409 e. The molecule has 0 spiro atoms. The van der Waals surface area contributed by atoms with Gasteiger partial charge in [0.05, 0.1) is 5.69 Å². The molecule has 0 amide bonds. The number of rotatable bonds is 4. The molecule has 0 fully saturated rings. The normalized spacial score (nSPS) is 11.4. The predicted octanol–water partition coefficient (Wildman–Crippen LogP) is 1.37. The second kappa shape index (κ2) is 5.06. The third-order valence-electron chi connectivity index (χ3n) is 1.70. The number of amidine groups is 1. The fourth-order valence-corrected chi connectivity index (χ4v) is 0.980. The van der Waals surface area contributed by atoms with Crippen molar-refractivity contribution in [3.63, 3.8) is 0 Å². The van der Waals surface area contributed by atoms with Crippen molar-refractivity contribution in [2.75, 3.05) is 11.9 Å². The molecule has 0 atom stereocenters. The number of halogens is 1. The van der Waals surface area contributed by atoms with E-state index in [0.717, 1.165) is 0 Å². The number of para-hydroxylation sites is 1. The molecule has 0 unspecified atom stereocenters. The highest BCUT2D eigenvalue weighted by molar-refractivity contribution is 5.80. The smallest absolute Gasteiger partial charge is 0.146 e. The largest absolute Gasteiger partial charge is 0.409 e. The predicted molar refractivity (Wildman–Crippen MR) is 52.9 cm³/mol. The molecule has 0 aliphatic rings. The summed E-state index contributed by atoms with van der Waals surface area (Å²) in [6, 6.07) is 6.34. The van der Waals surface area contributed by atoms with Crippen molar-refractivity contribution in [1.29, 1.82) is 0 Å². The molecule has 0 aliphatic carbocycles. The zero-order chi connectivity index (χ0) is 10.4. The highest BCUT2D eigenvalue weighted by Crippen LogP contribution is 2.11. The van der Waals surface area contributed by atoms with Crippen LogP contribution in [0.4, 0.5) is 10.1 Å². The van der Waals surface area contributed by atoms with E-state index in [4.69, 9.17) is 10.9 Å². The summed E-state index contributed by atoms with van der Waals surface area (Å²) in [5, 5.41) is 13.9. The molecule has 4 N–H and O–H groups in total. The topological polar surface area (TPSA) is 70.6 Å². The Kier molecular flexibility index (Phi) is 3.72. The van der Waals surface area contributed by atoms with Gasteiger partial charge in [-0.3, -0.25) is 0 Å². The number of nitrogens with one attached hydrogen (secondary N) is 1. The SMILES string of the molecule is NC(CCNc1ccccc1F)=NO. The van der Waals surface area contributed by atoms with Crippen molar-refractivity contribution in [2.45, 2.75) is 6.42 Å². The summed E-state index contributed by atoms with van der Waals surface area (Å²) >= 11 is 0. The highest BCUT2D eigenvalue weighted by atomic mass is 19.1. The Balaban J connectivity index is 2.43. The molecule has 0 aliphatic heterocycles. The summed E-state index contributed by atoms with van der Waals surface area (Å²) in [5.41, 5.74) is 5.66. The van der Waals surface area contributed by atoms with Crippen molar-refractivity contribution >= 4 is 11.5 Å². The highest BCUT2D eigenvalue weighted by Gasteiger charge is 1.99. The van der Waals surface area contributed by atoms with Crippen LogP contribution >= 0.6 is 0 Å². The van der Waals surface area contributed by atoms with Crippen LogP contribution in [0.1, 0.15) is 6.42 Å². The number of nitrogens with zero attached hydrogens (tertiary/aromatic N) is 1. The molecule has 0 bridgehead atoms. The van der Waals surface area contributed by atoms with Crippen LogP contribution in [0.25, 0.3) is 0 Å². The summed E-state index contributed by atoms with van der Waals surface area (Å²) in [6.45, 7) is 0.427. The van der Waals surface area contributed by atoms with Crippen molar-refractivity contribution in [3.05, 3.63) is 30.1 Å². The van der Waals surface area contributed by atoms with Gasteiger partial charge in [-0.1, -0.05) is 17.3 Å². The minimum atomic E-state index is -0.313. The van der Waals surface area contributed by atoms with E-state index in [1.165, 1.54) is 6.07 Å². The molecule has 5 heteroatoms. The lowest BCUT2D eigenvalue weighted by molar-refractivity contribution is 0.317. The van der Waals surface area contributed by atoms with E-state index in [9.17, 15) is 4.39 Å². The number of hydrogen-bond acceptors (Lipinski definition) is 3. The van der Waals surface area contributed by atoms with Crippen molar-refractivity contribution in [3.8, 4) is 0 Å². The Bertz CT molecular complexity index is 328. The molecule has 0 radical (unpaired) electrons. The van der Waals surface area contributed by atoms with Gasteiger partial charge in [0.25, 0.3) is 0 Å². The zero-order valence-corrected chi connectivity index (χ0v) is 7.57. The average molecular weight is 197 g/mol. The van der Waals surface area contributed by atoms with E-state index in [0.29, 0.717) is 18.7 Å². The van der Waals surface area contributed by atoms with Gasteiger partial charge in [0.15, 0.2) is 0 Å². The number of benzene rings is 1. The Morgan fingerprint density at radius 1 is 1.50 bits per heavy atom. The van der Waals surface area contributed by atoms with E-state index in [1.807, 2.05) is 0 Å². The first-order valence-corrected chi connectivity index (χ1v) is 4.19. The standard InChI is InChI=1S/C9H12FN3O/c10-7-3-1-2-4-8(7)12-6-5-9(11)13-14/h1-4,12,14H,5-6H2,(H2,11,13). The van der Waals surface area contributed by atoms with Crippen LogP contribution in [0, 0.1) is 5.82 Å². The fraction of sp³-hybridized carbons (Fsp3) is 0.222. The van der Waals surface area contributed by atoms with E-state index in [2.05, 4.69) is 10.5 Å². The van der Waals surface area contributed by atoms with E-state index in [-0.39, 0.29) is 11.7 Å². The summed E-state index contributed by atoms with van der Waals surface area (Å²) in [7, 11) is 0. The van der Waals surface area contributed by atoms with Crippen LogP contribution in [0.3, 0.4) is 0 Å². The third kappa shape index (κ3) is 2.93. The Morgan fingerprint density at radius 3 is 2.86 bits per heavy atom. The fourth-order valence-electron chi connectivity index (χ4n) is 0.980. The van der Waals surface area contributed by atoms with Crippen LogP contribution in [-0.4, -0.2) is 17.6 Å². The second-order valence-corrected chi connectivity index (χ2v) is 2.75. The van der Waals surface area contributed by atoms with Crippen molar-refractivity contribution < 1.29 is 9.60 Å². The molecule has 0 aromatic heterocycles. The van der Waals surface area contributed by atoms with Crippen LogP contribution in [0.15, 0.2) is 29.4 Å². The lowest BCUT2D eigenvalue weighted by Gasteiger charge is -2.05. The van der Waals surface area contributed by atoms with E-state index < -0.39 is 0 Å². The summed E-state index contributed by atoms with van der Waals surface area (Å²) in [5.74, 6) is -0.194. The molecule has 1 aromatic carbocycles. The molecule has 76 valence electrons. The molecule has 1 rings (SSSR count). The molecule has 0 saturated carbocycles. The van der Waals surface area contributed by atoms with Crippen LogP contribution in [0.2, 0.25) is 0 Å². The number of anilines is 1. The number of hydrogen-bond donors (Lipinski definition) is 3. The first-order valence-electron chi connectivity index (χ1n) is 4.19. The molecular formula is C9H12FN3O. The minimum absolute atomic E-state index is 0.119. The van der Waals surface area contributed by atoms with E-state index >= 15 is 0 Å². The van der Waals surface area contributed by atoms with Crippen LogP contribution < -0.4 is 11.1 Å². The van der Waals surface area contributed by atoms with Gasteiger partial charge in [0, 0.05) is 13.0 Å². The van der Waals surface area contributed by atoms with Gasteiger partial charge in [-0.15, -0.1) is 0 Å². The van der Waals surface area contributed by atoms with Gasteiger partial charge >= 0.3 is 0 Å². The number of oxime groups is 1.